The van der Waals surface area contributed by atoms with Crippen LogP contribution < -0.4 is 5.32 Å². The molecule has 1 heterocycles. The van der Waals surface area contributed by atoms with Crippen molar-refractivity contribution in [2.75, 3.05) is 13.1 Å². The average Bonchev–Trinajstić information content (AvgIpc) is 2.92. The fourth-order valence-corrected chi connectivity index (χ4v) is 2.22. The lowest BCUT2D eigenvalue weighted by atomic mass is 10.1. The van der Waals surface area contributed by atoms with Crippen LogP contribution in [-0.4, -0.2) is 29.9 Å². The topological polar surface area (TPSA) is 56.1 Å². The minimum Gasteiger partial charge on any atom is -0.324 e. The summed E-state index contributed by atoms with van der Waals surface area (Å²) in [7, 11) is 0. The molecule has 1 saturated heterocycles. The summed E-state index contributed by atoms with van der Waals surface area (Å²) in [6.07, 6.45) is 1.90. The molecule has 1 fully saturated rings. The van der Waals surface area contributed by atoms with Gasteiger partial charge in [0.2, 0.25) is 5.91 Å². The summed E-state index contributed by atoms with van der Waals surface area (Å²) in [5, 5.41) is 12.0. The van der Waals surface area contributed by atoms with Crippen LogP contribution in [0, 0.1) is 11.3 Å². The van der Waals surface area contributed by atoms with Crippen molar-refractivity contribution in [3.8, 4) is 6.07 Å². The number of hydrogen-bond acceptors (Lipinski definition) is 3. The number of nitrogens with one attached hydrogen (secondary N) is 1. The third-order valence-corrected chi connectivity index (χ3v) is 3.15. The molecule has 18 heavy (non-hydrogen) atoms. The van der Waals surface area contributed by atoms with Crippen LogP contribution in [0.1, 0.15) is 18.4 Å². The van der Waals surface area contributed by atoms with E-state index in [1.807, 2.05) is 30.3 Å². The largest absolute Gasteiger partial charge is 0.324 e. The van der Waals surface area contributed by atoms with Gasteiger partial charge in [-0.15, -0.1) is 0 Å². The van der Waals surface area contributed by atoms with E-state index >= 15 is 0 Å². The van der Waals surface area contributed by atoms with Crippen molar-refractivity contribution in [3.05, 3.63) is 35.9 Å². The number of carbonyl (C=O) groups excluding carboxylic acids is 1. The molecule has 1 aromatic rings. The van der Waals surface area contributed by atoms with Crippen molar-refractivity contribution in [1.82, 2.24) is 10.2 Å². The normalized spacial score (nSPS) is 18.3. The van der Waals surface area contributed by atoms with Gasteiger partial charge < -0.3 is 10.2 Å². The second-order valence-electron chi connectivity index (χ2n) is 4.49. The van der Waals surface area contributed by atoms with Gasteiger partial charge in [-0.25, -0.2) is 0 Å². The second-order valence-corrected chi connectivity index (χ2v) is 4.49. The van der Waals surface area contributed by atoms with E-state index in [1.54, 1.807) is 4.90 Å². The van der Waals surface area contributed by atoms with Crippen LogP contribution in [0.3, 0.4) is 0 Å². The van der Waals surface area contributed by atoms with Crippen molar-refractivity contribution in [2.24, 2.45) is 0 Å². The number of carbonyl (C=O) groups is 1. The summed E-state index contributed by atoms with van der Waals surface area (Å²) in [4.78, 5) is 13.9. The molecule has 1 aliphatic heterocycles. The fraction of sp³-hybridized carbons (Fsp3) is 0.429. The molecule has 4 nitrogen and oxygen atoms in total. The van der Waals surface area contributed by atoms with Gasteiger partial charge in [0, 0.05) is 6.54 Å². The zero-order valence-electron chi connectivity index (χ0n) is 10.3. The molecule has 4 heteroatoms. The molecule has 1 unspecified atom stereocenters. The number of amides is 1. The van der Waals surface area contributed by atoms with Crippen LogP contribution in [-0.2, 0) is 11.3 Å². The Kier molecular flexibility index (Phi) is 4.32. The minimum absolute atomic E-state index is 0.0397. The zero-order valence-corrected chi connectivity index (χ0v) is 10.3. The highest BCUT2D eigenvalue weighted by Gasteiger charge is 2.26. The van der Waals surface area contributed by atoms with Gasteiger partial charge in [0.05, 0.1) is 12.1 Å². The predicted octanol–water partition coefficient (Wildman–Crippen LogP) is 1.29. The van der Waals surface area contributed by atoms with Crippen LogP contribution in [0.25, 0.3) is 0 Å². The Bertz CT molecular complexity index is 432. The molecular weight excluding hydrogens is 226 g/mol. The number of nitrogens with zero attached hydrogens (tertiary/aromatic N) is 2. The van der Waals surface area contributed by atoms with E-state index in [0.717, 1.165) is 24.9 Å². The SMILES string of the molecule is N#CCN(Cc1ccccc1)C(=O)C1CCCN1. The van der Waals surface area contributed by atoms with Crippen molar-refractivity contribution in [3.63, 3.8) is 0 Å². The highest BCUT2D eigenvalue weighted by molar-refractivity contribution is 5.82. The lowest BCUT2D eigenvalue weighted by Gasteiger charge is -2.23. The molecule has 1 aliphatic rings. The summed E-state index contributed by atoms with van der Waals surface area (Å²) in [5.74, 6) is 0.0397. The number of hydrogen-bond donors (Lipinski definition) is 1. The van der Waals surface area contributed by atoms with Gasteiger partial charge in [0.25, 0.3) is 0 Å². The van der Waals surface area contributed by atoms with Gasteiger partial charge in [-0.3, -0.25) is 4.79 Å². The monoisotopic (exact) mass is 243 g/mol. The first kappa shape index (κ1) is 12.6. The third-order valence-electron chi connectivity index (χ3n) is 3.15. The van der Waals surface area contributed by atoms with Crippen molar-refractivity contribution >= 4 is 5.91 Å². The van der Waals surface area contributed by atoms with Gasteiger partial charge in [-0.1, -0.05) is 30.3 Å². The van der Waals surface area contributed by atoms with Crippen molar-refractivity contribution in [1.29, 1.82) is 5.26 Å². The Morgan fingerprint density at radius 2 is 2.22 bits per heavy atom. The van der Waals surface area contributed by atoms with Crippen LogP contribution in [0.5, 0.6) is 0 Å². The molecule has 0 aliphatic carbocycles. The van der Waals surface area contributed by atoms with Crippen molar-refractivity contribution < 1.29 is 4.79 Å². The molecule has 94 valence electrons. The maximum atomic E-state index is 12.3. The Morgan fingerprint density at radius 1 is 1.44 bits per heavy atom. The molecule has 0 aromatic heterocycles. The summed E-state index contributed by atoms with van der Waals surface area (Å²) in [6, 6.07) is 11.7. The molecule has 1 amide bonds. The van der Waals surface area contributed by atoms with E-state index < -0.39 is 0 Å². The van der Waals surface area contributed by atoms with Gasteiger partial charge in [0.1, 0.15) is 6.54 Å². The first-order valence-corrected chi connectivity index (χ1v) is 6.24. The standard InChI is InChI=1S/C14H17N3O/c15-8-10-17(11-12-5-2-1-3-6-12)14(18)13-7-4-9-16-13/h1-3,5-6,13,16H,4,7,9-11H2. The van der Waals surface area contributed by atoms with E-state index in [9.17, 15) is 4.79 Å². The Balaban J connectivity index is 2.03. The molecule has 0 saturated carbocycles. The third kappa shape index (κ3) is 3.08. The first-order chi connectivity index (χ1) is 8.81. The van der Waals surface area contributed by atoms with Gasteiger partial charge in [0.15, 0.2) is 0 Å². The summed E-state index contributed by atoms with van der Waals surface area (Å²) in [5.41, 5.74) is 1.05. The van der Waals surface area contributed by atoms with E-state index in [0.29, 0.717) is 6.54 Å². The Hall–Kier alpha value is -1.86. The lowest BCUT2D eigenvalue weighted by molar-refractivity contribution is -0.133. The maximum Gasteiger partial charge on any atom is 0.240 e. The lowest BCUT2D eigenvalue weighted by Crippen LogP contribution is -2.43. The van der Waals surface area contributed by atoms with E-state index in [2.05, 4.69) is 11.4 Å². The average molecular weight is 243 g/mol. The van der Waals surface area contributed by atoms with Crippen LogP contribution in [0.4, 0.5) is 0 Å². The van der Waals surface area contributed by atoms with Crippen molar-refractivity contribution in [2.45, 2.75) is 25.4 Å². The van der Waals surface area contributed by atoms with Crippen LogP contribution in [0.2, 0.25) is 0 Å². The maximum absolute atomic E-state index is 12.3. The zero-order chi connectivity index (χ0) is 12.8. The molecule has 0 bridgehead atoms. The minimum atomic E-state index is -0.109. The van der Waals surface area contributed by atoms with Gasteiger partial charge >= 0.3 is 0 Å². The fourth-order valence-electron chi connectivity index (χ4n) is 2.22. The quantitative estimate of drug-likeness (QED) is 0.811. The Labute approximate surface area is 107 Å². The molecule has 2 rings (SSSR count). The van der Waals surface area contributed by atoms with Gasteiger partial charge in [-0.05, 0) is 24.9 Å². The molecule has 1 atom stereocenters. The first-order valence-electron chi connectivity index (χ1n) is 6.24. The molecule has 0 spiro atoms. The van der Waals surface area contributed by atoms with E-state index in [4.69, 9.17) is 5.26 Å². The molecular formula is C14H17N3O. The van der Waals surface area contributed by atoms with Crippen LogP contribution >= 0.6 is 0 Å². The van der Waals surface area contributed by atoms with E-state index in [1.165, 1.54) is 0 Å². The highest BCUT2D eigenvalue weighted by Crippen LogP contribution is 2.11. The highest BCUT2D eigenvalue weighted by atomic mass is 16.2. The molecule has 0 radical (unpaired) electrons. The smallest absolute Gasteiger partial charge is 0.240 e. The van der Waals surface area contributed by atoms with E-state index in [-0.39, 0.29) is 18.5 Å². The second kappa shape index (κ2) is 6.18. The number of rotatable bonds is 4. The number of nitriles is 1. The molecule has 1 aromatic carbocycles. The summed E-state index contributed by atoms with van der Waals surface area (Å²) >= 11 is 0. The molecule has 1 N–H and O–H groups in total. The Morgan fingerprint density at radius 3 is 2.83 bits per heavy atom. The van der Waals surface area contributed by atoms with Gasteiger partial charge in [-0.2, -0.15) is 5.26 Å². The summed E-state index contributed by atoms with van der Waals surface area (Å²) in [6.45, 7) is 1.54. The predicted molar refractivity (Wildman–Crippen MR) is 68.5 cm³/mol. The number of benzene rings is 1. The van der Waals surface area contributed by atoms with Crippen LogP contribution in [0.15, 0.2) is 30.3 Å². The summed E-state index contributed by atoms with van der Waals surface area (Å²) < 4.78 is 0.